The smallest absolute Gasteiger partial charge is 0.227 e. The van der Waals surface area contributed by atoms with E-state index in [0.717, 1.165) is 140 Å². The average Bonchev–Trinajstić information content (AvgIpc) is 3.20. The molecule has 0 aromatic heterocycles. The zero-order valence-electron chi connectivity index (χ0n) is 36.3. The van der Waals surface area contributed by atoms with E-state index in [9.17, 15) is 19.5 Å². The molecule has 2 atom stereocenters. The maximum atomic E-state index is 14.4. The van der Waals surface area contributed by atoms with Gasteiger partial charge in [0.1, 0.15) is 18.8 Å². The molecule has 8 nitrogen and oxygen atoms in total. The van der Waals surface area contributed by atoms with Gasteiger partial charge in [-0.25, -0.2) is 4.58 Å². The Hall–Kier alpha value is -3.94. The topological polar surface area (TPSA) is 102 Å². The van der Waals surface area contributed by atoms with Gasteiger partial charge >= 0.3 is 0 Å². The zero-order valence-corrected chi connectivity index (χ0v) is 36.3. The van der Waals surface area contributed by atoms with Crippen LogP contribution in [0, 0.1) is 11.8 Å². The number of hydrogen-bond acceptors (Lipinski definition) is 5. The van der Waals surface area contributed by atoms with Gasteiger partial charge in [0.15, 0.2) is 0 Å². The number of ketones is 1. The minimum atomic E-state index is -0.298. The van der Waals surface area contributed by atoms with Gasteiger partial charge < -0.3 is 20.6 Å². The van der Waals surface area contributed by atoms with Crippen molar-refractivity contribution < 1.29 is 24.1 Å². The Labute approximate surface area is 339 Å². The number of nitrogens with zero attached hydrogens (tertiary/aromatic N) is 2. The molecule has 0 fully saturated rings. The van der Waals surface area contributed by atoms with Crippen molar-refractivity contribution in [1.29, 1.82) is 0 Å². The molecule has 2 unspecified atom stereocenters. The second kappa shape index (κ2) is 24.6. The lowest BCUT2D eigenvalue weighted by Crippen LogP contribution is -2.34. The van der Waals surface area contributed by atoms with Gasteiger partial charge in [0.2, 0.25) is 23.3 Å². The minimum absolute atomic E-state index is 0.0612. The van der Waals surface area contributed by atoms with Crippen molar-refractivity contribution in [2.45, 2.75) is 158 Å². The number of Topliss-reactive ketones (excluding diaryl/α,β-unsaturated/α-hetero) is 1. The number of unbranched alkanes of at least 4 members (excludes halogenated alkanes) is 6. The first-order valence-corrected chi connectivity index (χ1v) is 22.4. The average molecular weight is 772 g/mol. The Kier molecular flexibility index (Phi) is 20.4. The maximum Gasteiger partial charge on any atom is 0.227 e. The van der Waals surface area contributed by atoms with Gasteiger partial charge in [0.05, 0.1) is 22.5 Å². The Balaban J connectivity index is 2.20. The van der Waals surface area contributed by atoms with Crippen molar-refractivity contribution in [1.82, 2.24) is 5.32 Å². The highest BCUT2D eigenvalue weighted by atomic mass is 16.3. The number of benzene rings is 1. The number of allylic oxidation sites excluding steroid dienone is 5. The van der Waals surface area contributed by atoms with E-state index in [1.807, 2.05) is 50.3 Å². The number of hydrogen-bond donors (Lipinski definition) is 3. The number of amides is 2. The molecule has 0 aliphatic heterocycles. The highest BCUT2D eigenvalue weighted by Crippen LogP contribution is 2.43. The summed E-state index contributed by atoms with van der Waals surface area (Å²) in [5.41, 5.74) is 4.50. The summed E-state index contributed by atoms with van der Waals surface area (Å²) in [6, 6.07) is 5.88. The van der Waals surface area contributed by atoms with Crippen molar-refractivity contribution in [2.24, 2.45) is 11.8 Å². The maximum absolute atomic E-state index is 14.4. The van der Waals surface area contributed by atoms with Crippen LogP contribution in [0.1, 0.15) is 164 Å². The third-order valence-electron chi connectivity index (χ3n) is 11.4. The molecule has 2 amide bonds. The first-order valence-electron chi connectivity index (χ1n) is 22.4. The van der Waals surface area contributed by atoms with E-state index in [4.69, 9.17) is 0 Å². The van der Waals surface area contributed by atoms with Crippen LogP contribution in [0.3, 0.4) is 0 Å². The van der Waals surface area contributed by atoms with E-state index >= 15 is 0 Å². The van der Waals surface area contributed by atoms with E-state index < -0.39 is 0 Å². The second-order valence-electron chi connectivity index (χ2n) is 15.7. The molecular weight excluding hydrogens is 697 g/mol. The van der Waals surface area contributed by atoms with Crippen LogP contribution in [-0.2, 0) is 14.4 Å². The first-order chi connectivity index (χ1) is 27.1. The van der Waals surface area contributed by atoms with Crippen molar-refractivity contribution in [3.8, 4) is 0 Å². The summed E-state index contributed by atoms with van der Waals surface area (Å²) < 4.78 is 2.36. The SMILES string of the molecule is CCCCC(CC)C(=O)NC1=CC(=[N+](CCCC)CCCC)C=C/C1=C1/C(=O)C(c2ccc(N(CCCC)CCCC)cc2NC(=O)C(CC)CCCC)=C1O. The van der Waals surface area contributed by atoms with Gasteiger partial charge in [0, 0.05) is 66.7 Å². The summed E-state index contributed by atoms with van der Waals surface area (Å²) in [6.45, 7) is 20.7. The molecule has 0 spiro atoms. The van der Waals surface area contributed by atoms with Crippen LogP contribution in [0.25, 0.3) is 5.57 Å². The third kappa shape index (κ3) is 12.5. The van der Waals surface area contributed by atoms with Crippen LogP contribution in [0.15, 0.2) is 59.0 Å². The number of rotatable bonds is 26. The van der Waals surface area contributed by atoms with Crippen molar-refractivity contribution in [3.05, 3.63) is 64.6 Å². The van der Waals surface area contributed by atoms with Gasteiger partial charge in [-0.05, 0) is 62.8 Å². The van der Waals surface area contributed by atoms with Crippen LogP contribution in [0.5, 0.6) is 0 Å². The monoisotopic (exact) mass is 772 g/mol. The molecule has 0 saturated heterocycles. The Morgan fingerprint density at radius 2 is 1.23 bits per heavy atom. The van der Waals surface area contributed by atoms with Crippen LogP contribution >= 0.6 is 0 Å². The second-order valence-corrected chi connectivity index (χ2v) is 15.7. The lowest BCUT2D eigenvalue weighted by atomic mass is 9.78. The molecule has 0 bridgehead atoms. The van der Waals surface area contributed by atoms with Crippen LogP contribution < -0.4 is 15.5 Å². The Morgan fingerprint density at radius 3 is 1.73 bits per heavy atom. The molecule has 1 aromatic carbocycles. The lowest BCUT2D eigenvalue weighted by molar-refractivity contribution is -0.527. The normalized spacial score (nSPS) is 16.4. The van der Waals surface area contributed by atoms with E-state index in [1.165, 1.54) is 0 Å². The molecule has 56 heavy (non-hydrogen) atoms. The molecule has 0 radical (unpaired) electrons. The fourth-order valence-electron chi connectivity index (χ4n) is 7.55. The number of carbonyl (C=O) groups is 3. The number of carbonyl (C=O) groups excluding carboxylic acids is 3. The number of aliphatic hydroxyl groups is 1. The Morgan fingerprint density at radius 1 is 0.696 bits per heavy atom. The molecule has 2 aliphatic carbocycles. The summed E-state index contributed by atoms with van der Waals surface area (Å²) in [6.07, 6.45) is 21.4. The van der Waals surface area contributed by atoms with Crippen LogP contribution in [0.4, 0.5) is 11.4 Å². The lowest BCUT2D eigenvalue weighted by Gasteiger charge is -2.29. The van der Waals surface area contributed by atoms with Crippen LogP contribution in [-0.4, -0.2) is 59.2 Å². The quantitative estimate of drug-likeness (QED) is 0.0643. The van der Waals surface area contributed by atoms with Gasteiger partial charge in [0.25, 0.3) is 0 Å². The summed E-state index contributed by atoms with van der Waals surface area (Å²) in [7, 11) is 0. The van der Waals surface area contributed by atoms with E-state index in [2.05, 4.69) is 61.7 Å². The first kappa shape index (κ1) is 46.4. The standard InChI is InChI=1S/C48H74N4O4/c1-9-17-23-35(15-7)47(55)49-41-33-37(51(29-19-11-3)30-20-12-4)25-27-39(41)43-45(53)44(46(43)54)40-28-26-38(52(31-21-13-5)32-22-14-6)34-42(40)50-48(56)36(16-8)24-18-10-2/h25-28,33-36H,9-24,29-32H2,1-8H3,(H2,49,50,53,54,55,56)/p+1. The zero-order chi connectivity index (χ0) is 41.0. The van der Waals surface area contributed by atoms with E-state index in [0.29, 0.717) is 22.5 Å². The van der Waals surface area contributed by atoms with Crippen molar-refractivity contribution in [2.75, 3.05) is 36.4 Å². The largest absolute Gasteiger partial charge is 0.506 e. The summed E-state index contributed by atoms with van der Waals surface area (Å²) in [4.78, 5) is 44.3. The summed E-state index contributed by atoms with van der Waals surface area (Å²) >= 11 is 0. The molecule has 0 saturated carbocycles. The molecular formula is C48H75N4O4+. The fraction of sp³-hybridized carbons (Fsp3) is 0.625. The minimum Gasteiger partial charge on any atom is -0.506 e. The van der Waals surface area contributed by atoms with Gasteiger partial charge in [-0.15, -0.1) is 0 Å². The molecule has 1 aromatic rings. The number of aliphatic hydroxyl groups excluding tert-OH is 1. The number of nitrogens with one attached hydrogen (secondary N) is 2. The molecule has 310 valence electrons. The van der Waals surface area contributed by atoms with Crippen molar-refractivity contribution >= 4 is 40.3 Å². The predicted molar refractivity (Wildman–Crippen MR) is 235 cm³/mol. The molecule has 3 N–H and O–H groups in total. The molecule has 0 heterocycles. The fourth-order valence-corrected chi connectivity index (χ4v) is 7.55. The van der Waals surface area contributed by atoms with Gasteiger partial charge in [-0.3, -0.25) is 14.4 Å². The van der Waals surface area contributed by atoms with Gasteiger partial charge in [-0.2, -0.15) is 0 Å². The third-order valence-corrected chi connectivity index (χ3v) is 11.4. The number of anilines is 2. The molecule has 2 aliphatic rings. The van der Waals surface area contributed by atoms with Gasteiger partial charge in [-0.1, -0.05) is 107 Å². The van der Waals surface area contributed by atoms with Crippen molar-refractivity contribution in [3.63, 3.8) is 0 Å². The summed E-state index contributed by atoms with van der Waals surface area (Å²) in [5.74, 6) is -0.823. The summed E-state index contributed by atoms with van der Waals surface area (Å²) in [5, 5.41) is 18.3. The van der Waals surface area contributed by atoms with E-state index in [-0.39, 0.29) is 46.3 Å². The molecule has 3 rings (SSSR count). The highest BCUT2D eigenvalue weighted by molar-refractivity contribution is 6.40. The predicted octanol–water partition coefficient (Wildman–Crippen LogP) is 11.2. The van der Waals surface area contributed by atoms with E-state index in [1.54, 1.807) is 0 Å². The molecule has 8 heteroatoms. The Bertz CT molecular complexity index is 1610. The highest BCUT2D eigenvalue weighted by Gasteiger charge is 2.40. The van der Waals surface area contributed by atoms with Crippen LogP contribution in [0.2, 0.25) is 0 Å².